The van der Waals surface area contributed by atoms with E-state index in [-0.39, 0.29) is 25.2 Å². The highest BCUT2D eigenvalue weighted by molar-refractivity contribution is 5.70. The zero-order valence-corrected chi connectivity index (χ0v) is 44.0. The van der Waals surface area contributed by atoms with Gasteiger partial charge in [-0.2, -0.15) is 0 Å². The van der Waals surface area contributed by atoms with E-state index in [0.717, 1.165) is 77.0 Å². The van der Waals surface area contributed by atoms with Gasteiger partial charge in [-0.15, -0.1) is 0 Å². The second-order valence-electron chi connectivity index (χ2n) is 18.8. The van der Waals surface area contributed by atoms with Gasteiger partial charge in [0.25, 0.3) is 0 Å². The summed E-state index contributed by atoms with van der Waals surface area (Å²) >= 11 is 0. The lowest BCUT2D eigenvalue weighted by Gasteiger charge is -2.18. The molecule has 0 spiro atoms. The van der Waals surface area contributed by atoms with E-state index in [1.807, 2.05) is 0 Å². The van der Waals surface area contributed by atoms with E-state index in [1.54, 1.807) is 0 Å². The van der Waals surface area contributed by atoms with Gasteiger partial charge in [0.2, 0.25) is 0 Å². The van der Waals surface area contributed by atoms with Gasteiger partial charge in [0.15, 0.2) is 6.10 Å². The van der Waals surface area contributed by atoms with Crippen LogP contribution in [-0.2, 0) is 23.8 Å². The Bertz CT molecular complexity index is 1180. The Hall–Kier alpha value is -2.66. The summed E-state index contributed by atoms with van der Waals surface area (Å²) < 4.78 is 17.4. The topological polar surface area (TPSA) is 61.8 Å². The summed E-state index contributed by atoms with van der Waals surface area (Å²) in [6, 6.07) is 0. The van der Waals surface area contributed by atoms with E-state index in [1.165, 1.54) is 167 Å². The first-order valence-electron chi connectivity index (χ1n) is 28.5. The highest BCUT2D eigenvalue weighted by Crippen LogP contribution is 2.16. The maximum absolute atomic E-state index is 12.8. The molecule has 0 heterocycles. The zero-order valence-electron chi connectivity index (χ0n) is 44.0. The van der Waals surface area contributed by atoms with Gasteiger partial charge in [0, 0.05) is 19.4 Å². The van der Waals surface area contributed by atoms with Gasteiger partial charge in [-0.3, -0.25) is 9.59 Å². The minimum absolute atomic E-state index is 0.0648. The molecular weight excluding hydrogens is 813 g/mol. The summed E-state index contributed by atoms with van der Waals surface area (Å²) in [7, 11) is 0. The van der Waals surface area contributed by atoms with E-state index in [4.69, 9.17) is 14.2 Å². The second kappa shape index (κ2) is 56.7. The minimum Gasteiger partial charge on any atom is -0.462 e. The monoisotopic (exact) mass is 921 g/mol. The Balaban J connectivity index is 4.35. The first-order valence-corrected chi connectivity index (χ1v) is 28.5. The largest absolute Gasteiger partial charge is 0.462 e. The van der Waals surface area contributed by atoms with Crippen molar-refractivity contribution in [3.8, 4) is 0 Å². The van der Waals surface area contributed by atoms with E-state index < -0.39 is 6.10 Å². The van der Waals surface area contributed by atoms with Crippen LogP contribution in [0.15, 0.2) is 72.9 Å². The number of allylic oxidation sites excluding steroid dienone is 12. The third kappa shape index (κ3) is 54.0. The fraction of sp³-hybridized carbons (Fsp3) is 0.770. The Morgan fingerprint density at radius 3 is 1.03 bits per heavy atom. The molecule has 0 saturated carbocycles. The smallest absolute Gasteiger partial charge is 0.306 e. The normalized spacial score (nSPS) is 12.7. The lowest BCUT2D eigenvalue weighted by molar-refractivity contribution is -0.163. The van der Waals surface area contributed by atoms with Crippen molar-refractivity contribution in [1.29, 1.82) is 0 Å². The van der Waals surface area contributed by atoms with Gasteiger partial charge in [0.1, 0.15) is 6.61 Å². The zero-order chi connectivity index (χ0) is 47.7. The van der Waals surface area contributed by atoms with Gasteiger partial charge in [-0.25, -0.2) is 0 Å². The first kappa shape index (κ1) is 63.3. The quantitative estimate of drug-likeness (QED) is 0.0346. The van der Waals surface area contributed by atoms with Crippen LogP contribution in [0.4, 0.5) is 0 Å². The van der Waals surface area contributed by atoms with Crippen LogP contribution in [-0.4, -0.2) is 37.9 Å². The summed E-state index contributed by atoms with van der Waals surface area (Å²) in [6.07, 6.45) is 73.6. The number of esters is 2. The van der Waals surface area contributed by atoms with Crippen molar-refractivity contribution in [3.05, 3.63) is 72.9 Å². The van der Waals surface area contributed by atoms with Crippen LogP contribution >= 0.6 is 0 Å². The fourth-order valence-corrected chi connectivity index (χ4v) is 8.06. The molecule has 382 valence electrons. The number of hydrogen-bond acceptors (Lipinski definition) is 5. The van der Waals surface area contributed by atoms with Crippen LogP contribution in [0.3, 0.4) is 0 Å². The molecule has 0 aromatic rings. The van der Waals surface area contributed by atoms with E-state index in [2.05, 4.69) is 93.7 Å². The van der Waals surface area contributed by atoms with Crippen LogP contribution in [0, 0.1) is 0 Å². The molecule has 66 heavy (non-hydrogen) atoms. The van der Waals surface area contributed by atoms with Crippen LogP contribution in [0.2, 0.25) is 0 Å². The van der Waals surface area contributed by atoms with Crippen molar-refractivity contribution >= 4 is 11.9 Å². The molecule has 0 aliphatic carbocycles. The Morgan fingerprint density at radius 2 is 0.667 bits per heavy atom. The Morgan fingerprint density at radius 1 is 0.348 bits per heavy atom. The Kier molecular flexibility index (Phi) is 54.4. The number of carbonyl (C=O) groups excluding carboxylic acids is 2. The van der Waals surface area contributed by atoms with Crippen molar-refractivity contribution in [1.82, 2.24) is 0 Å². The third-order valence-electron chi connectivity index (χ3n) is 12.3. The second-order valence-corrected chi connectivity index (χ2v) is 18.8. The SMILES string of the molecule is CC/C=C\C/C=C\C/C=C\C/C=C\C/C=C\C/C=C\CCCOCC(COC(=O)CCCCCCCCCCCCCCCCC)OC(=O)CCCCCCCCCCCCCCCCC. The molecular formula is C61H108O5. The summed E-state index contributed by atoms with van der Waals surface area (Å²) in [5.41, 5.74) is 0. The molecule has 5 nitrogen and oxygen atoms in total. The molecule has 0 bridgehead atoms. The van der Waals surface area contributed by atoms with Crippen LogP contribution in [0.5, 0.6) is 0 Å². The van der Waals surface area contributed by atoms with Crippen molar-refractivity contribution in [2.24, 2.45) is 0 Å². The van der Waals surface area contributed by atoms with Gasteiger partial charge < -0.3 is 14.2 Å². The van der Waals surface area contributed by atoms with E-state index in [0.29, 0.717) is 19.4 Å². The first-order chi connectivity index (χ1) is 32.6. The van der Waals surface area contributed by atoms with Gasteiger partial charge in [-0.1, -0.05) is 273 Å². The average molecular weight is 922 g/mol. The van der Waals surface area contributed by atoms with Crippen LogP contribution < -0.4 is 0 Å². The molecule has 5 heteroatoms. The molecule has 0 aliphatic rings. The highest BCUT2D eigenvalue weighted by Gasteiger charge is 2.17. The molecule has 0 N–H and O–H groups in total. The predicted molar refractivity (Wildman–Crippen MR) is 288 cm³/mol. The van der Waals surface area contributed by atoms with Gasteiger partial charge in [-0.05, 0) is 64.2 Å². The maximum Gasteiger partial charge on any atom is 0.306 e. The van der Waals surface area contributed by atoms with Crippen LogP contribution in [0.1, 0.15) is 278 Å². The molecule has 0 radical (unpaired) electrons. The summed E-state index contributed by atoms with van der Waals surface area (Å²) in [4.78, 5) is 25.5. The molecule has 1 atom stereocenters. The average Bonchev–Trinajstić information content (AvgIpc) is 3.32. The van der Waals surface area contributed by atoms with E-state index >= 15 is 0 Å². The highest BCUT2D eigenvalue weighted by atomic mass is 16.6. The molecule has 0 rings (SSSR count). The lowest BCUT2D eigenvalue weighted by atomic mass is 10.0. The summed E-state index contributed by atoms with van der Waals surface area (Å²) in [5, 5.41) is 0. The van der Waals surface area contributed by atoms with Crippen molar-refractivity contribution in [2.75, 3.05) is 19.8 Å². The van der Waals surface area contributed by atoms with Gasteiger partial charge in [0.05, 0.1) is 6.61 Å². The molecule has 0 aromatic heterocycles. The molecule has 0 fully saturated rings. The number of unbranched alkanes of at least 4 members (excludes halogenated alkanes) is 29. The summed E-state index contributed by atoms with van der Waals surface area (Å²) in [6.45, 7) is 7.61. The fourth-order valence-electron chi connectivity index (χ4n) is 8.06. The maximum atomic E-state index is 12.8. The van der Waals surface area contributed by atoms with E-state index in [9.17, 15) is 9.59 Å². The number of carbonyl (C=O) groups is 2. The van der Waals surface area contributed by atoms with Crippen molar-refractivity contribution < 1.29 is 23.8 Å². The van der Waals surface area contributed by atoms with Crippen molar-refractivity contribution in [2.45, 2.75) is 284 Å². The molecule has 0 aromatic carbocycles. The molecule has 0 aliphatic heterocycles. The number of hydrogen-bond donors (Lipinski definition) is 0. The lowest BCUT2D eigenvalue weighted by Crippen LogP contribution is -2.30. The minimum atomic E-state index is -0.565. The standard InChI is InChI=1S/C61H108O5/c1-4-7-10-13-16-19-22-25-28-29-30-31-32-35-38-41-44-47-50-53-56-64-57-59(66-61(63)55-52-49-46-43-40-37-34-27-24-21-18-15-12-9-6-3)58-65-60(62)54-51-48-45-42-39-36-33-26-23-20-17-14-11-8-5-2/h7,10,16,19,25,28,30-31,35,38,44,47,59H,4-6,8-9,11-15,17-18,20-24,26-27,29,32-34,36-37,39-43,45-46,48-58H2,1-3H3/b10-7-,19-16-,28-25-,31-30-,38-35-,47-44-. The number of ether oxygens (including phenoxy) is 3. The summed E-state index contributed by atoms with van der Waals surface area (Å²) in [5.74, 6) is -0.416. The predicted octanol–water partition coefficient (Wildman–Crippen LogP) is 19.5. The third-order valence-corrected chi connectivity index (χ3v) is 12.3. The Labute approximate surface area is 410 Å². The molecule has 0 saturated heterocycles. The number of rotatable bonds is 52. The van der Waals surface area contributed by atoms with Gasteiger partial charge >= 0.3 is 11.9 Å². The molecule has 1 unspecified atom stereocenters. The van der Waals surface area contributed by atoms with Crippen LogP contribution in [0.25, 0.3) is 0 Å². The van der Waals surface area contributed by atoms with Crippen molar-refractivity contribution in [3.63, 3.8) is 0 Å². The molecule has 0 amide bonds.